The van der Waals surface area contributed by atoms with Gasteiger partial charge in [0.15, 0.2) is 0 Å². The molecule has 2 aromatic rings. The first-order chi connectivity index (χ1) is 14.4. The van der Waals surface area contributed by atoms with Crippen LogP contribution in [-0.4, -0.2) is 60.5 Å². The molecule has 2 aromatic carbocycles. The van der Waals surface area contributed by atoms with Crippen molar-refractivity contribution in [3.05, 3.63) is 71.3 Å². The number of carbonyl (C=O) groups is 2. The molecule has 0 bridgehead atoms. The fraction of sp³-hybridized carbons (Fsp3) is 0.440. The summed E-state index contributed by atoms with van der Waals surface area (Å²) in [5, 5.41) is 0. The molecule has 1 aliphatic heterocycles. The summed E-state index contributed by atoms with van der Waals surface area (Å²) in [6.07, 6.45) is 0.220. The van der Waals surface area contributed by atoms with Gasteiger partial charge in [-0.15, -0.1) is 0 Å². The summed E-state index contributed by atoms with van der Waals surface area (Å²) in [4.78, 5) is 29.6. The Balaban J connectivity index is 1.64. The largest absolute Gasteiger partial charge is 0.373 e. The summed E-state index contributed by atoms with van der Waals surface area (Å²) in [6.45, 7) is 8.97. The maximum Gasteiger partial charge on any atom is 0.253 e. The van der Waals surface area contributed by atoms with Crippen molar-refractivity contribution < 1.29 is 14.3 Å². The van der Waals surface area contributed by atoms with Crippen molar-refractivity contribution in [3.63, 3.8) is 0 Å². The minimum atomic E-state index is -0.174. The van der Waals surface area contributed by atoms with E-state index in [1.54, 1.807) is 0 Å². The molecule has 1 atom stereocenters. The van der Waals surface area contributed by atoms with Gasteiger partial charge in [0.2, 0.25) is 5.91 Å². The number of carbonyl (C=O) groups excluding carboxylic acids is 2. The van der Waals surface area contributed by atoms with Gasteiger partial charge in [-0.3, -0.25) is 9.59 Å². The predicted octanol–water partition coefficient (Wildman–Crippen LogP) is 3.56. The van der Waals surface area contributed by atoms with Gasteiger partial charge in [0.05, 0.1) is 19.1 Å². The van der Waals surface area contributed by atoms with E-state index in [0.717, 1.165) is 11.1 Å². The molecule has 0 radical (unpaired) electrons. The molecular weight excluding hydrogens is 376 g/mol. The molecular formula is C25H32N2O3. The molecule has 5 heteroatoms. The Morgan fingerprint density at radius 2 is 1.80 bits per heavy atom. The van der Waals surface area contributed by atoms with E-state index >= 15 is 0 Å². The molecule has 0 N–H and O–H groups in total. The highest BCUT2D eigenvalue weighted by molar-refractivity contribution is 5.94. The Morgan fingerprint density at radius 1 is 1.10 bits per heavy atom. The van der Waals surface area contributed by atoms with Crippen molar-refractivity contribution in [1.82, 2.24) is 9.80 Å². The molecule has 2 amide bonds. The van der Waals surface area contributed by atoms with E-state index < -0.39 is 0 Å². The Hall–Kier alpha value is -2.66. The van der Waals surface area contributed by atoms with E-state index in [2.05, 4.69) is 13.8 Å². The van der Waals surface area contributed by atoms with Gasteiger partial charge in [0, 0.05) is 31.7 Å². The molecule has 0 spiro atoms. The summed E-state index contributed by atoms with van der Waals surface area (Å²) < 4.78 is 5.94. The van der Waals surface area contributed by atoms with Gasteiger partial charge in [0.25, 0.3) is 5.91 Å². The monoisotopic (exact) mass is 408 g/mol. The lowest BCUT2D eigenvalue weighted by atomic mass is 10.1. The molecule has 0 unspecified atom stereocenters. The lowest BCUT2D eigenvalue weighted by Crippen LogP contribution is -2.51. The third-order valence-corrected chi connectivity index (χ3v) is 5.28. The van der Waals surface area contributed by atoms with Crippen LogP contribution >= 0.6 is 0 Å². The molecule has 5 nitrogen and oxygen atoms in total. The highest BCUT2D eigenvalue weighted by Gasteiger charge is 2.28. The molecule has 3 rings (SSSR count). The molecule has 0 saturated carbocycles. The third-order valence-electron chi connectivity index (χ3n) is 5.28. The standard InChI is InChI=1S/C25H32N2O3/c1-19(2)16-27(25(29)22-11-9-20(3)10-12-22)18-23-17-26(13-14-30-23)24(28)15-21-7-5-4-6-8-21/h4-12,19,23H,13-18H2,1-3H3/t23-/m1/s1. The van der Waals surface area contributed by atoms with Crippen molar-refractivity contribution in [2.45, 2.75) is 33.3 Å². The maximum absolute atomic E-state index is 13.1. The number of hydrogen-bond acceptors (Lipinski definition) is 3. The molecule has 1 aliphatic rings. The van der Waals surface area contributed by atoms with Crippen LogP contribution in [0.25, 0.3) is 0 Å². The van der Waals surface area contributed by atoms with Crippen LogP contribution in [0.3, 0.4) is 0 Å². The van der Waals surface area contributed by atoms with Crippen molar-refractivity contribution in [2.75, 3.05) is 32.8 Å². The second-order valence-corrected chi connectivity index (χ2v) is 8.46. The van der Waals surface area contributed by atoms with Crippen molar-refractivity contribution in [2.24, 2.45) is 5.92 Å². The zero-order chi connectivity index (χ0) is 21.5. The zero-order valence-corrected chi connectivity index (χ0v) is 18.2. The van der Waals surface area contributed by atoms with Crippen molar-refractivity contribution in [3.8, 4) is 0 Å². The lowest BCUT2D eigenvalue weighted by molar-refractivity contribution is -0.138. The molecule has 1 heterocycles. The van der Waals surface area contributed by atoms with Gasteiger partial charge < -0.3 is 14.5 Å². The van der Waals surface area contributed by atoms with Crippen LogP contribution in [0.5, 0.6) is 0 Å². The number of hydrogen-bond donors (Lipinski definition) is 0. The summed E-state index contributed by atoms with van der Waals surface area (Å²) in [5.74, 6) is 0.466. The van der Waals surface area contributed by atoms with Crippen molar-refractivity contribution in [1.29, 1.82) is 0 Å². The highest BCUT2D eigenvalue weighted by atomic mass is 16.5. The van der Waals surface area contributed by atoms with E-state index in [1.165, 1.54) is 0 Å². The normalized spacial score (nSPS) is 16.5. The quantitative estimate of drug-likeness (QED) is 0.704. The van der Waals surface area contributed by atoms with Gasteiger partial charge in [-0.25, -0.2) is 0 Å². The minimum absolute atomic E-state index is 0.0139. The molecule has 1 fully saturated rings. The van der Waals surface area contributed by atoms with E-state index in [9.17, 15) is 9.59 Å². The smallest absolute Gasteiger partial charge is 0.253 e. The van der Waals surface area contributed by atoms with Crippen molar-refractivity contribution >= 4 is 11.8 Å². The number of benzene rings is 2. The topological polar surface area (TPSA) is 49.9 Å². The van der Waals surface area contributed by atoms with Gasteiger partial charge in [-0.1, -0.05) is 61.9 Å². The van der Waals surface area contributed by atoms with Gasteiger partial charge in [-0.2, -0.15) is 0 Å². The number of ether oxygens (including phenoxy) is 1. The minimum Gasteiger partial charge on any atom is -0.373 e. The first-order valence-electron chi connectivity index (χ1n) is 10.7. The van der Waals surface area contributed by atoms with Crippen LogP contribution in [-0.2, 0) is 16.0 Å². The van der Waals surface area contributed by atoms with Gasteiger partial charge in [-0.05, 0) is 30.5 Å². The Bertz CT molecular complexity index is 833. The van der Waals surface area contributed by atoms with Crippen LogP contribution in [0.2, 0.25) is 0 Å². The molecule has 30 heavy (non-hydrogen) atoms. The number of aryl methyl sites for hydroxylation is 1. The molecule has 1 saturated heterocycles. The van der Waals surface area contributed by atoms with E-state index in [0.29, 0.717) is 50.7 Å². The van der Waals surface area contributed by atoms with E-state index in [4.69, 9.17) is 4.74 Å². The van der Waals surface area contributed by atoms with E-state index in [1.807, 2.05) is 71.3 Å². The first-order valence-corrected chi connectivity index (χ1v) is 10.7. The molecule has 160 valence electrons. The van der Waals surface area contributed by atoms with Gasteiger partial charge >= 0.3 is 0 Å². The number of nitrogens with zero attached hydrogens (tertiary/aromatic N) is 2. The summed E-state index contributed by atoms with van der Waals surface area (Å²) >= 11 is 0. The zero-order valence-electron chi connectivity index (χ0n) is 18.2. The van der Waals surface area contributed by atoms with Crippen LogP contribution in [0.15, 0.2) is 54.6 Å². The van der Waals surface area contributed by atoms with Crippen LogP contribution in [0.1, 0.15) is 35.3 Å². The number of rotatable bonds is 7. The average Bonchev–Trinajstić information content (AvgIpc) is 2.74. The average molecular weight is 409 g/mol. The molecule has 0 aliphatic carbocycles. The SMILES string of the molecule is Cc1ccc(C(=O)N(CC(C)C)C[C@H]2CN(C(=O)Cc3ccccc3)CCO2)cc1. The number of morpholine rings is 1. The molecule has 0 aromatic heterocycles. The van der Waals surface area contributed by atoms with Gasteiger partial charge in [0.1, 0.15) is 0 Å². The summed E-state index contributed by atoms with van der Waals surface area (Å²) in [6, 6.07) is 17.5. The van der Waals surface area contributed by atoms with E-state index in [-0.39, 0.29) is 17.9 Å². The highest BCUT2D eigenvalue weighted by Crippen LogP contribution is 2.14. The fourth-order valence-electron chi connectivity index (χ4n) is 3.74. The Labute approximate surface area is 179 Å². The van der Waals surface area contributed by atoms with Crippen LogP contribution < -0.4 is 0 Å². The maximum atomic E-state index is 13.1. The van der Waals surface area contributed by atoms with Crippen LogP contribution in [0, 0.1) is 12.8 Å². The fourth-order valence-corrected chi connectivity index (χ4v) is 3.74. The Kier molecular flexibility index (Phi) is 7.63. The Morgan fingerprint density at radius 3 is 2.47 bits per heavy atom. The second kappa shape index (κ2) is 10.4. The van der Waals surface area contributed by atoms with Crippen LogP contribution in [0.4, 0.5) is 0 Å². The third kappa shape index (κ3) is 6.17. The predicted molar refractivity (Wildman–Crippen MR) is 118 cm³/mol. The summed E-state index contributed by atoms with van der Waals surface area (Å²) in [5.41, 5.74) is 2.83. The first kappa shape index (κ1) is 22.0. The lowest BCUT2D eigenvalue weighted by Gasteiger charge is -2.36. The number of amides is 2. The summed E-state index contributed by atoms with van der Waals surface area (Å²) in [7, 11) is 0. The second-order valence-electron chi connectivity index (χ2n) is 8.46.